The van der Waals surface area contributed by atoms with Crippen molar-refractivity contribution in [1.82, 2.24) is 0 Å². The van der Waals surface area contributed by atoms with Gasteiger partial charge in [-0.25, -0.2) is 0 Å². The zero-order valence-electron chi connectivity index (χ0n) is 11.1. The number of benzene rings is 1. The molecule has 0 nitrogen and oxygen atoms in total. The van der Waals surface area contributed by atoms with Crippen molar-refractivity contribution in [3.05, 3.63) is 33.9 Å². The number of aryl methyl sites for hydroxylation is 2. The minimum absolute atomic E-state index is 0.281. The molecule has 0 radical (unpaired) electrons. The Morgan fingerprint density at radius 3 is 2.00 bits per heavy atom. The average Bonchev–Trinajstić information content (AvgIpc) is 2.25. The summed E-state index contributed by atoms with van der Waals surface area (Å²) in [6.07, 6.45) is 7.90. The van der Waals surface area contributed by atoms with Gasteiger partial charge in [-0.1, -0.05) is 25.3 Å². The fourth-order valence-corrected chi connectivity index (χ4v) is 2.37. The number of hydrogen-bond donors (Lipinski definition) is 0. The first-order valence-corrected chi connectivity index (χ1v) is 6.06. The van der Waals surface area contributed by atoms with Gasteiger partial charge in [-0.3, -0.25) is 0 Å². The van der Waals surface area contributed by atoms with Gasteiger partial charge in [0.1, 0.15) is 0 Å². The first kappa shape index (κ1) is 12.8. The van der Waals surface area contributed by atoms with Crippen LogP contribution >= 0.6 is 0 Å². The van der Waals surface area contributed by atoms with Gasteiger partial charge in [0.15, 0.2) is 0 Å². The van der Waals surface area contributed by atoms with Crippen LogP contribution in [0.2, 0.25) is 0 Å². The smallest absolute Gasteiger partial charge is 0.0455 e. The molecule has 1 unspecified atom stereocenters. The topological polar surface area (TPSA) is 0 Å². The highest BCUT2D eigenvalue weighted by molar-refractivity contribution is 5.48. The van der Waals surface area contributed by atoms with Crippen LogP contribution in [0.5, 0.6) is 0 Å². The van der Waals surface area contributed by atoms with E-state index >= 15 is 0 Å². The van der Waals surface area contributed by atoms with Gasteiger partial charge in [-0.15, -0.1) is 6.42 Å². The molecule has 0 bridgehead atoms. The largest absolute Gasteiger partial charge is 0.119 e. The van der Waals surface area contributed by atoms with Gasteiger partial charge in [0, 0.05) is 5.92 Å². The van der Waals surface area contributed by atoms with Gasteiger partial charge in [0.25, 0.3) is 0 Å². The average molecular weight is 214 g/mol. The van der Waals surface area contributed by atoms with Gasteiger partial charge in [-0.05, 0) is 61.9 Å². The summed E-state index contributed by atoms with van der Waals surface area (Å²) >= 11 is 0. The molecule has 0 aliphatic carbocycles. The van der Waals surface area contributed by atoms with Crippen LogP contribution in [0.3, 0.4) is 0 Å². The Morgan fingerprint density at radius 1 is 1.12 bits per heavy atom. The summed E-state index contributed by atoms with van der Waals surface area (Å²) in [7, 11) is 0. The molecular weight excluding hydrogens is 192 g/mol. The molecular formula is C16H22. The van der Waals surface area contributed by atoms with Crippen LogP contribution in [0.1, 0.15) is 53.5 Å². The van der Waals surface area contributed by atoms with E-state index in [1.807, 2.05) is 0 Å². The molecule has 0 aliphatic rings. The van der Waals surface area contributed by atoms with Crippen molar-refractivity contribution < 1.29 is 0 Å². The lowest BCUT2D eigenvalue weighted by Crippen LogP contribution is -2.05. The molecule has 0 heteroatoms. The zero-order valence-corrected chi connectivity index (χ0v) is 11.1. The zero-order chi connectivity index (χ0) is 12.3. The van der Waals surface area contributed by atoms with Gasteiger partial charge < -0.3 is 0 Å². The van der Waals surface area contributed by atoms with E-state index in [-0.39, 0.29) is 5.92 Å². The molecule has 0 spiro atoms. The third-order valence-corrected chi connectivity index (χ3v) is 3.55. The van der Waals surface area contributed by atoms with Crippen LogP contribution < -0.4 is 0 Å². The van der Waals surface area contributed by atoms with Gasteiger partial charge >= 0.3 is 0 Å². The van der Waals surface area contributed by atoms with Crippen molar-refractivity contribution in [2.75, 3.05) is 0 Å². The Hall–Kier alpha value is -1.22. The van der Waals surface area contributed by atoms with Crippen molar-refractivity contribution in [1.29, 1.82) is 0 Å². The quantitative estimate of drug-likeness (QED) is 0.653. The summed E-state index contributed by atoms with van der Waals surface area (Å²) in [4.78, 5) is 0. The highest BCUT2D eigenvalue weighted by atomic mass is 14.2. The van der Waals surface area contributed by atoms with Crippen molar-refractivity contribution in [3.8, 4) is 12.3 Å². The fourth-order valence-electron chi connectivity index (χ4n) is 2.37. The standard InChI is InChI=1S/C16H22/c1-7-9-15(8-2)16-13(5)11(3)10-12(4)14(16)6/h2,10,15H,7,9H2,1,3-6H3. The van der Waals surface area contributed by atoms with Crippen LogP contribution in [0.25, 0.3) is 0 Å². The lowest BCUT2D eigenvalue weighted by Gasteiger charge is -2.20. The highest BCUT2D eigenvalue weighted by Crippen LogP contribution is 2.30. The fraction of sp³-hybridized carbons (Fsp3) is 0.500. The molecule has 0 aromatic heterocycles. The molecule has 1 aromatic carbocycles. The molecule has 0 amide bonds. The second kappa shape index (κ2) is 5.21. The number of terminal acetylenes is 1. The molecule has 0 heterocycles. The van der Waals surface area contributed by atoms with Crippen LogP contribution in [0.15, 0.2) is 6.07 Å². The van der Waals surface area contributed by atoms with Crippen LogP contribution in [-0.4, -0.2) is 0 Å². The summed E-state index contributed by atoms with van der Waals surface area (Å²) in [5.74, 6) is 3.24. The molecule has 1 aromatic rings. The summed E-state index contributed by atoms with van der Waals surface area (Å²) in [6, 6.07) is 2.26. The Balaban J connectivity index is 3.36. The Kier molecular flexibility index (Phi) is 4.19. The molecule has 16 heavy (non-hydrogen) atoms. The summed E-state index contributed by atoms with van der Waals surface area (Å²) in [5, 5.41) is 0. The highest BCUT2D eigenvalue weighted by Gasteiger charge is 2.15. The van der Waals surface area contributed by atoms with Crippen LogP contribution in [0.4, 0.5) is 0 Å². The Morgan fingerprint density at radius 2 is 1.62 bits per heavy atom. The molecule has 0 fully saturated rings. The number of rotatable bonds is 3. The Bertz CT molecular complexity index is 392. The first-order valence-electron chi connectivity index (χ1n) is 6.06. The van der Waals surface area contributed by atoms with Gasteiger partial charge in [0.05, 0.1) is 0 Å². The molecule has 86 valence electrons. The van der Waals surface area contributed by atoms with Gasteiger partial charge in [-0.2, -0.15) is 0 Å². The molecule has 1 atom stereocenters. The van der Waals surface area contributed by atoms with E-state index in [0.717, 1.165) is 12.8 Å². The second-order valence-electron chi connectivity index (χ2n) is 4.68. The van der Waals surface area contributed by atoms with E-state index in [2.05, 4.69) is 46.6 Å². The molecule has 0 N–H and O–H groups in total. The normalized spacial score (nSPS) is 12.2. The van der Waals surface area contributed by atoms with E-state index in [4.69, 9.17) is 6.42 Å². The third-order valence-electron chi connectivity index (χ3n) is 3.55. The monoisotopic (exact) mass is 214 g/mol. The molecule has 0 saturated heterocycles. The maximum absolute atomic E-state index is 5.68. The van der Waals surface area contributed by atoms with E-state index in [1.165, 1.54) is 27.8 Å². The maximum Gasteiger partial charge on any atom is 0.0455 e. The lowest BCUT2D eigenvalue weighted by atomic mass is 9.84. The summed E-state index contributed by atoms with van der Waals surface area (Å²) < 4.78 is 0. The van der Waals surface area contributed by atoms with E-state index < -0.39 is 0 Å². The SMILES string of the molecule is C#CC(CCC)c1c(C)c(C)cc(C)c1C. The minimum Gasteiger partial charge on any atom is -0.119 e. The number of hydrogen-bond acceptors (Lipinski definition) is 0. The van der Waals surface area contributed by atoms with Crippen LogP contribution in [0, 0.1) is 40.0 Å². The van der Waals surface area contributed by atoms with Gasteiger partial charge in [0.2, 0.25) is 0 Å². The van der Waals surface area contributed by atoms with E-state index in [9.17, 15) is 0 Å². The maximum atomic E-state index is 5.68. The molecule has 1 rings (SSSR count). The van der Waals surface area contributed by atoms with Crippen molar-refractivity contribution in [2.24, 2.45) is 0 Å². The third kappa shape index (κ3) is 2.30. The second-order valence-corrected chi connectivity index (χ2v) is 4.68. The van der Waals surface area contributed by atoms with E-state index in [1.54, 1.807) is 0 Å². The van der Waals surface area contributed by atoms with Crippen molar-refractivity contribution in [2.45, 2.75) is 53.4 Å². The summed E-state index contributed by atoms with van der Waals surface area (Å²) in [6.45, 7) is 10.9. The summed E-state index contributed by atoms with van der Waals surface area (Å²) in [5.41, 5.74) is 6.85. The Labute approximate surface area is 100 Å². The van der Waals surface area contributed by atoms with Crippen LogP contribution in [-0.2, 0) is 0 Å². The molecule has 0 aliphatic heterocycles. The van der Waals surface area contributed by atoms with Crippen molar-refractivity contribution >= 4 is 0 Å². The molecule has 0 saturated carbocycles. The van der Waals surface area contributed by atoms with Crippen molar-refractivity contribution in [3.63, 3.8) is 0 Å². The lowest BCUT2D eigenvalue weighted by molar-refractivity contribution is 0.725. The van der Waals surface area contributed by atoms with E-state index in [0.29, 0.717) is 0 Å². The minimum atomic E-state index is 0.281. The predicted octanol–water partition coefficient (Wildman–Crippen LogP) is 4.44. The first-order chi connectivity index (χ1) is 7.52. The predicted molar refractivity (Wildman–Crippen MR) is 71.9 cm³/mol.